The van der Waals surface area contributed by atoms with E-state index in [-0.39, 0.29) is 0 Å². The van der Waals surface area contributed by atoms with E-state index < -0.39 is 15.2 Å². The van der Waals surface area contributed by atoms with Crippen molar-refractivity contribution in [3.8, 4) is 0 Å². The Hall–Kier alpha value is -1.66. The molecule has 0 fully saturated rings. The van der Waals surface area contributed by atoms with Crippen LogP contribution in [0, 0.1) is 0 Å². The third-order valence-electron chi connectivity index (χ3n) is 6.98. The highest BCUT2D eigenvalue weighted by atomic mass is 31.2. The highest BCUT2D eigenvalue weighted by Gasteiger charge is 2.20. The first-order valence-corrected chi connectivity index (χ1v) is 16.9. The lowest BCUT2D eigenvalue weighted by Crippen LogP contribution is -1.97. The Labute approximate surface area is 226 Å². The van der Waals surface area contributed by atoms with Crippen LogP contribution in [0.4, 0.5) is 0 Å². The van der Waals surface area contributed by atoms with Gasteiger partial charge in [-0.1, -0.05) is 49.9 Å². The minimum atomic E-state index is -2.90. The molecule has 0 spiro atoms. The van der Waals surface area contributed by atoms with E-state index in [1.807, 2.05) is 0 Å². The van der Waals surface area contributed by atoms with Gasteiger partial charge in [0.25, 0.3) is 0 Å². The van der Waals surface area contributed by atoms with E-state index in [0.29, 0.717) is 12.3 Å². The number of unbranched alkanes of at least 4 members (excludes halogenated alkanes) is 6. The second-order valence-corrected chi connectivity index (χ2v) is 14.3. The zero-order chi connectivity index (χ0) is 27.4. The molecule has 0 saturated carbocycles. The van der Waals surface area contributed by atoms with Crippen LogP contribution in [0.15, 0.2) is 36.4 Å². The van der Waals surface area contributed by atoms with E-state index in [0.717, 1.165) is 97.4 Å². The lowest BCUT2D eigenvalue weighted by molar-refractivity contribution is 0.274. The van der Waals surface area contributed by atoms with Crippen LogP contribution < -0.4 is 0 Å². The van der Waals surface area contributed by atoms with Crippen LogP contribution in [0.1, 0.15) is 62.8 Å². The number of benzene rings is 1. The van der Waals surface area contributed by atoms with E-state index in [2.05, 4.69) is 36.4 Å². The van der Waals surface area contributed by atoms with Crippen LogP contribution in [0.3, 0.4) is 0 Å². The molecule has 0 bridgehead atoms. The summed E-state index contributed by atoms with van der Waals surface area (Å²) < 4.78 is 44.3. The number of hydrogen-bond acceptors (Lipinski definition) is 8. The van der Waals surface area contributed by atoms with E-state index in [4.69, 9.17) is 28.1 Å². The van der Waals surface area contributed by atoms with Gasteiger partial charge in [-0.05, 0) is 50.7 Å². The molecular weight excluding hydrogens is 522 g/mol. The van der Waals surface area contributed by atoms with Gasteiger partial charge in [0.15, 0.2) is 0 Å². The predicted octanol–water partition coefficient (Wildman–Crippen LogP) is 7.96. The minimum absolute atomic E-state index is 0.456. The zero-order valence-electron chi connectivity index (χ0n) is 23.2. The van der Waals surface area contributed by atoms with Gasteiger partial charge in [-0.2, -0.15) is 0 Å². The Morgan fingerprint density at radius 1 is 0.526 bits per heavy atom. The smallest absolute Gasteiger partial charge is 0.312 e. The van der Waals surface area contributed by atoms with Crippen LogP contribution in [0.2, 0.25) is 0 Å². The van der Waals surface area contributed by atoms with Gasteiger partial charge in [-0.15, -0.1) is 0 Å². The molecule has 0 aliphatic heterocycles. The van der Waals surface area contributed by atoms with Gasteiger partial charge >= 0.3 is 15.2 Å². The van der Waals surface area contributed by atoms with Crippen molar-refractivity contribution in [1.29, 1.82) is 0 Å². The molecule has 0 saturated heterocycles. The Morgan fingerprint density at radius 2 is 0.868 bits per heavy atom. The van der Waals surface area contributed by atoms with Crippen molar-refractivity contribution in [1.82, 2.24) is 9.97 Å². The number of nitrogens with zero attached hydrogens (tertiary/aromatic N) is 2. The average molecular weight is 565 g/mol. The Bertz CT molecular complexity index is 1160. The number of aryl methyl sites for hydroxylation is 2. The molecule has 1 aromatic carbocycles. The van der Waals surface area contributed by atoms with Crippen LogP contribution in [0.25, 0.3) is 21.8 Å². The molecular formula is C28H42N2O6P2. The molecule has 0 unspecified atom stereocenters. The van der Waals surface area contributed by atoms with Crippen molar-refractivity contribution in [2.24, 2.45) is 0 Å². The molecule has 8 nitrogen and oxygen atoms in total. The van der Waals surface area contributed by atoms with E-state index in [1.54, 1.807) is 0 Å². The summed E-state index contributed by atoms with van der Waals surface area (Å²) in [6.07, 6.45) is 10.5. The first-order chi connectivity index (χ1) is 18.3. The van der Waals surface area contributed by atoms with E-state index >= 15 is 0 Å². The summed E-state index contributed by atoms with van der Waals surface area (Å²) in [7, 11) is -0.0599. The molecule has 2 heterocycles. The maximum atomic E-state index is 12.1. The molecule has 10 heteroatoms. The SMILES string of the molecule is COP(=O)(CCCCCCc1ccc2ccc3ccc(CCCCCCP(=O)(OC)OC)nc3c2n1)OC. The molecule has 0 aliphatic carbocycles. The highest BCUT2D eigenvalue weighted by molar-refractivity contribution is 7.54. The van der Waals surface area contributed by atoms with Gasteiger partial charge in [0, 0.05) is 50.6 Å². The van der Waals surface area contributed by atoms with Crippen molar-refractivity contribution in [3.63, 3.8) is 0 Å². The Balaban J connectivity index is 1.54. The van der Waals surface area contributed by atoms with Crippen molar-refractivity contribution < 1.29 is 27.2 Å². The van der Waals surface area contributed by atoms with Gasteiger partial charge in [0.1, 0.15) is 0 Å². The quantitative estimate of drug-likeness (QED) is 0.0872. The molecule has 210 valence electrons. The van der Waals surface area contributed by atoms with Crippen LogP contribution >= 0.6 is 15.2 Å². The molecule has 2 aromatic heterocycles. The monoisotopic (exact) mass is 564 g/mol. The largest absolute Gasteiger partial charge is 0.330 e. The number of pyridine rings is 2. The number of hydrogen-bond donors (Lipinski definition) is 0. The maximum Gasteiger partial charge on any atom is 0.330 e. The third kappa shape index (κ3) is 8.94. The number of rotatable bonds is 18. The molecule has 38 heavy (non-hydrogen) atoms. The fourth-order valence-electron chi connectivity index (χ4n) is 4.57. The summed E-state index contributed by atoms with van der Waals surface area (Å²) in [6.45, 7) is 0. The van der Waals surface area contributed by atoms with Crippen molar-refractivity contribution >= 4 is 37.0 Å². The molecule has 3 aromatic rings. The van der Waals surface area contributed by atoms with Gasteiger partial charge in [-0.3, -0.25) is 19.1 Å². The van der Waals surface area contributed by atoms with Gasteiger partial charge in [-0.25, -0.2) is 0 Å². The summed E-state index contributed by atoms with van der Waals surface area (Å²) in [5.74, 6) is 0. The van der Waals surface area contributed by atoms with Crippen LogP contribution in [0.5, 0.6) is 0 Å². The summed E-state index contributed by atoms with van der Waals surface area (Å²) in [5.41, 5.74) is 4.05. The first-order valence-electron chi connectivity index (χ1n) is 13.4. The lowest BCUT2D eigenvalue weighted by atomic mass is 10.1. The molecule has 0 N–H and O–H groups in total. The van der Waals surface area contributed by atoms with Gasteiger partial charge in [0.2, 0.25) is 0 Å². The molecule has 0 radical (unpaired) electrons. The molecule has 0 aliphatic rings. The molecule has 0 amide bonds. The molecule has 0 atom stereocenters. The zero-order valence-corrected chi connectivity index (χ0v) is 25.0. The second kappa shape index (κ2) is 15.2. The predicted molar refractivity (Wildman–Crippen MR) is 154 cm³/mol. The maximum absolute atomic E-state index is 12.1. The molecule has 3 rings (SSSR count). The summed E-state index contributed by atoms with van der Waals surface area (Å²) in [6, 6.07) is 12.7. The van der Waals surface area contributed by atoms with Crippen LogP contribution in [-0.4, -0.2) is 50.7 Å². The Kier molecular flexibility index (Phi) is 12.4. The standard InChI is InChI=1S/C28H42N2O6P2/c1-33-37(31,34-2)21-11-7-5-9-13-25-19-17-23-15-16-24-18-20-26(30-28(24)27(23)29-25)14-10-6-8-12-22-38(32,35-3)36-4/h15-20H,5-14,21-22H2,1-4H3. The van der Waals surface area contributed by atoms with Crippen LogP contribution in [-0.2, 0) is 40.1 Å². The summed E-state index contributed by atoms with van der Waals surface area (Å²) in [5, 5.41) is 2.20. The van der Waals surface area contributed by atoms with Gasteiger partial charge < -0.3 is 18.1 Å². The number of aromatic nitrogens is 2. The second-order valence-electron chi connectivity index (χ2n) is 9.54. The van der Waals surface area contributed by atoms with E-state index in [9.17, 15) is 9.13 Å². The number of fused-ring (bicyclic) bond motifs is 3. The highest BCUT2D eigenvalue weighted by Crippen LogP contribution is 2.47. The average Bonchev–Trinajstić information content (AvgIpc) is 2.96. The summed E-state index contributed by atoms with van der Waals surface area (Å²) >= 11 is 0. The first kappa shape index (κ1) is 30.9. The topological polar surface area (TPSA) is 96.8 Å². The normalized spacial score (nSPS) is 12.5. The fourth-order valence-corrected chi connectivity index (χ4v) is 6.82. The summed E-state index contributed by atoms with van der Waals surface area (Å²) in [4.78, 5) is 9.98. The minimum Gasteiger partial charge on any atom is -0.312 e. The van der Waals surface area contributed by atoms with E-state index in [1.165, 1.54) is 28.4 Å². The van der Waals surface area contributed by atoms with Crippen molar-refractivity contribution in [3.05, 3.63) is 47.8 Å². The third-order valence-corrected chi connectivity index (χ3v) is 10.9. The van der Waals surface area contributed by atoms with Gasteiger partial charge in [0.05, 0.1) is 23.4 Å². The lowest BCUT2D eigenvalue weighted by Gasteiger charge is -2.13. The fraction of sp³-hybridized carbons (Fsp3) is 0.571. The van der Waals surface area contributed by atoms with Crippen molar-refractivity contribution in [2.75, 3.05) is 40.8 Å². The Morgan fingerprint density at radius 3 is 1.24 bits per heavy atom. The van der Waals surface area contributed by atoms with Crippen molar-refractivity contribution in [2.45, 2.75) is 64.2 Å².